The number of carboxylic acids is 1. The normalized spacial score (nSPS) is 12.0. The van der Waals surface area contributed by atoms with Crippen LogP contribution in [-0.2, 0) is 0 Å². The molecule has 4 aromatic rings. The van der Waals surface area contributed by atoms with Crippen LogP contribution in [0.1, 0.15) is 28.9 Å². The van der Waals surface area contributed by atoms with Crippen LogP contribution < -0.4 is 5.32 Å². The SMILES string of the molecule is C[C@@H](Nc1nc(-c2cnc3ccccn23)ncc1C(=O)O)c1ccccc1. The van der Waals surface area contributed by atoms with E-state index in [1.807, 2.05) is 66.1 Å². The maximum absolute atomic E-state index is 11.6. The Morgan fingerprint density at radius 3 is 2.63 bits per heavy atom. The molecule has 1 atom stereocenters. The minimum Gasteiger partial charge on any atom is -0.477 e. The molecule has 1 aromatic carbocycles. The summed E-state index contributed by atoms with van der Waals surface area (Å²) in [4.78, 5) is 24.7. The second kappa shape index (κ2) is 6.87. The van der Waals surface area contributed by atoms with E-state index < -0.39 is 5.97 Å². The fourth-order valence-electron chi connectivity index (χ4n) is 2.90. The van der Waals surface area contributed by atoms with Gasteiger partial charge in [-0.05, 0) is 24.6 Å². The Bertz CT molecular complexity index is 1110. The molecule has 27 heavy (non-hydrogen) atoms. The van der Waals surface area contributed by atoms with Gasteiger partial charge in [0.25, 0.3) is 0 Å². The molecule has 3 heterocycles. The highest BCUT2D eigenvalue weighted by molar-refractivity contribution is 5.93. The number of pyridine rings is 1. The van der Waals surface area contributed by atoms with Crippen LogP contribution in [0, 0.1) is 0 Å². The van der Waals surface area contributed by atoms with Gasteiger partial charge in [0.2, 0.25) is 0 Å². The number of aromatic nitrogens is 4. The number of hydrogen-bond donors (Lipinski definition) is 2. The molecule has 0 bridgehead atoms. The van der Waals surface area contributed by atoms with Crippen molar-refractivity contribution in [1.82, 2.24) is 19.4 Å². The minimum absolute atomic E-state index is 0.0235. The number of carbonyl (C=O) groups is 1. The molecule has 0 fully saturated rings. The van der Waals surface area contributed by atoms with Crippen molar-refractivity contribution in [2.24, 2.45) is 0 Å². The Labute approximate surface area is 155 Å². The van der Waals surface area contributed by atoms with Crippen molar-refractivity contribution in [3.8, 4) is 11.5 Å². The minimum atomic E-state index is -1.08. The maximum atomic E-state index is 11.6. The molecule has 0 amide bonds. The first-order chi connectivity index (χ1) is 13.1. The highest BCUT2D eigenvalue weighted by Crippen LogP contribution is 2.24. The Hall–Kier alpha value is -3.74. The predicted molar refractivity (Wildman–Crippen MR) is 102 cm³/mol. The lowest BCUT2D eigenvalue weighted by molar-refractivity contribution is 0.0697. The van der Waals surface area contributed by atoms with E-state index in [9.17, 15) is 9.90 Å². The molecule has 7 heteroatoms. The standard InChI is InChI=1S/C20H17N5O2/c1-13(14-7-3-2-4-8-14)23-18-15(20(26)27)11-22-19(24-18)16-12-21-17-9-5-6-10-25(16)17/h2-13H,1H3,(H,26,27)(H,22,23,24)/t13-/m1/s1. The van der Waals surface area contributed by atoms with Gasteiger partial charge in [-0.1, -0.05) is 36.4 Å². The average molecular weight is 359 g/mol. The topological polar surface area (TPSA) is 92.4 Å². The molecular weight excluding hydrogens is 342 g/mol. The molecule has 7 nitrogen and oxygen atoms in total. The summed E-state index contributed by atoms with van der Waals surface area (Å²) in [6.07, 6.45) is 4.87. The molecule has 0 spiro atoms. The summed E-state index contributed by atoms with van der Waals surface area (Å²) >= 11 is 0. The van der Waals surface area contributed by atoms with Crippen LogP contribution in [0.25, 0.3) is 17.2 Å². The molecule has 3 aromatic heterocycles. The Kier molecular flexibility index (Phi) is 4.25. The monoisotopic (exact) mass is 359 g/mol. The summed E-state index contributed by atoms with van der Waals surface area (Å²) in [5.41, 5.74) is 2.52. The van der Waals surface area contributed by atoms with Crippen molar-refractivity contribution in [3.05, 3.63) is 78.2 Å². The molecule has 0 aliphatic rings. The zero-order valence-electron chi connectivity index (χ0n) is 14.6. The van der Waals surface area contributed by atoms with Crippen LogP contribution >= 0.6 is 0 Å². The van der Waals surface area contributed by atoms with Gasteiger partial charge in [-0.25, -0.2) is 19.7 Å². The summed E-state index contributed by atoms with van der Waals surface area (Å²) in [7, 11) is 0. The molecule has 134 valence electrons. The van der Waals surface area contributed by atoms with Crippen molar-refractivity contribution in [2.75, 3.05) is 5.32 Å². The number of carboxylic acid groups (broad SMARTS) is 1. The zero-order valence-corrected chi connectivity index (χ0v) is 14.6. The molecule has 0 aliphatic heterocycles. The van der Waals surface area contributed by atoms with Crippen LogP contribution in [0.2, 0.25) is 0 Å². The quantitative estimate of drug-likeness (QED) is 0.565. The number of imidazole rings is 1. The first kappa shape index (κ1) is 16.7. The molecule has 2 N–H and O–H groups in total. The number of rotatable bonds is 5. The summed E-state index contributed by atoms with van der Waals surface area (Å²) in [5, 5.41) is 12.7. The van der Waals surface area contributed by atoms with Crippen molar-refractivity contribution in [3.63, 3.8) is 0 Å². The number of hydrogen-bond acceptors (Lipinski definition) is 5. The third-order valence-electron chi connectivity index (χ3n) is 4.32. The van der Waals surface area contributed by atoms with Gasteiger partial charge in [0, 0.05) is 18.4 Å². The second-order valence-electron chi connectivity index (χ2n) is 6.11. The van der Waals surface area contributed by atoms with Crippen molar-refractivity contribution in [2.45, 2.75) is 13.0 Å². The fourth-order valence-corrected chi connectivity index (χ4v) is 2.90. The highest BCUT2D eigenvalue weighted by Gasteiger charge is 2.18. The van der Waals surface area contributed by atoms with Gasteiger partial charge in [0.1, 0.15) is 22.7 Å². The summed E-state index contributed by atoms with van der Waals surface area (Å²) in [6, 6.07) is 15.3. The molecule has 0 aliphatic carbocycles. The third kappa shape index (κ3) is 3.22. The number of fused-ring (bicyclic) bond motifs is 1. The highest BCUT2D eigenvalue weighted by atomic mass is 16.4. The van der Waals surface area contributed by atoms with Crippen LogP contribution in [0.5, 0.6) is 0 Å². The maximum Gasteiger partial charge on any atom is 0.341 e. The van der Waals surface area contributed by atoms with Crippen LogP contribution in [0.15, 0.2) is 67.1 Å². The van der Waals surface area contributed by atoms with Gasteiger partial charge in [0.15, 0.2) is 5.82 Å². The average Bonchev–Trinajstić information content (AvgIpc) is 3.12. The summed E-state index contributed by atoms with van der Waals surface area (Å²) in [5.74, 6) is -0.404. The number of anilines is 1. The molecule has 0 radical (unpaired) electrons. The number of nitrogens with one attached hydrogen (secondary N) is 1. The van der Waals surface area contributed by atoms with Gasteiger partial charge in [-0.15, -0.1) is 0 Å². The number of benzene rings is 1. The number of nitrogens with zero attached hydrogens (tertiary/aromatic N) is 4. The van der Waals surface area contributed by atoms with E-state index in [0.29, 0.717) is 11.5 Å². The lowest BCUT2D eigenvalue weighted by atomic mass is 10.1. The third-order valence-corrected chi connectivity index (χ3v) is 4.32. The van der Waals surface area contributed by atoms with E-state index in [2.05, 4.69) is 20.3 Å². The fraction of sp³-hybridized carbons (Fsp3) is 0.100. The Morgan fingerprint density at radius 1 is 1.07 bits per heavy atom. The van der Waals surface area contributed by atoms with Gasteiger partial charge in [-0.2, -0.15) is 0 Å². The van der Waals surface area contributed by atoms with Gasteiger partial charge in [0.05, 0.1) is 6.20 Å². The number of aromatic carboxylic acids is 1. The molecule has 0 saturated heterocycles. The van der Waals surface area contributed by atoms with E-state index in [4.69, 9.17) is 0 Å². The predicted octanol–water partition coefficient (Wildman–Crippen LogP) is 3.66. The second-order valence-corrected chi connectivity index (χ2v) is 6.11. The van der Waals surface area contributed by atoms with Gasteiger partial charge < -0.3 is 10.4 Å². The summed E-state index contributed by atoms with van der Waals surface area (Å²) < 4.78 is 1.86. The zero-order chi connectivity index (χ0) is 18.8. The van der Waals surface area contributed by atoms with Crippen molar-refractivity contribution >= 4 is 17.4 Å². The molecule has 0 saturated carbocycles. The van der Waals surface area contributed by atoms with Crippen LogP contribution in [0.3, 0.4) is 0 Å². The largest absolute Gasteiger partial charge is 0.477 e. The van der Waals surface area contributed by atoms with Crippen LogP contribution in [0.4, 0.5) is 5.82 Å². The van der Waals surface area contributed by atoms with Crippen molar-refractivity contribution < 1.29 is 9.90 Å². The lowest BCUT2D eigenvalue weighted by Gasteiger charge is -2.17. The Morgan fingerprint density at radius 2 is 1.85 bits per heavy atom. The molecule has 4 rings (SSSR count). The first-order valence-corrected chi connectivity index (χ1v) is 8.48. The van der Waals surface area contributed by atoms with Crippen molar-refractivity contribution in [1.29, 1.82) is 0 Å². The van der Waals surface area contributed by atoms with Gasteiger partial charge >= 0.3 is 5.97 Å². The summed E-state index contributed by atoms with van der Waals surface area (Å²) in [6.45, 7) is 1.96. The first-order valence-electron chi connectivity index (χ1n) is 8.48. The van der Waals surface area contributed by atoms with E-state index in [-0.39, 0.29) is 17.4 Å². The lowest BCUT2D eigenvalue weighted by Crippen LogP contribution is -2.13. The van der Waals surface area contributed by atoms with E-state index in [0.717, 1.165) is 11.2 Å². The molecule has 0 unspecified atom stereocenters. The van der Waals surface area contributed by atoms with E-state index in [1.54, 1.807) is 6.20 Å². The van der Waals surface area contributed by atoms with Gasteiger partial charge in [-0.3, -0.25) is 4.40 Å². The Balaban J connectivity index is 1.76. The van der Waals surface area contributed by atoms with E-state index in [1.165, 1.54) is 6.20 Å². The van der Waals surface area contributed by atoms with E-state index >= 15 is 0 Å². The molecular formula is C20H17N5O2. The smallest absolute Gasteiger partial charge is 0.341 e. The van der Waals surface area contributed by atoms with Crippen LogP contribution in [-0.4, -0.2) is 30.4 Å².